The van der Waals surface area contributed by atoms with E-state index in [0.717, 1.165) is 40.4 Å². The molecule has 4 aliphatic carbocycles. The highest BCUT2D eigenvalue weighted by molar-refractivity contribution is 5.97. The number of fused-ring (bicyclic) bond motifs is 14. The number of anilines is 3. The molecule has 62 heavy (non-hydrogen) atoms. The largest absolute Gasteiger partial charge is 0.449 e. The standard InChI is InChI=1S/C59H39NO2/c1-2-14-38(15-3-1)39-28-32-42(33-29-39)60(43-34-30-41(31-35-43)45-22-12-17-40-16-4-5-18-44(40)45)53-26-13-27-54-57(53)61-55-37-36-49-48-21-8-11-25-52(48)59(56(49)58(55)62-54)50-23-9-6-19-46(50)47-20-7-10-24-51(47)59/h1-16,18-37,40H,17H2. The van der Waals surface area contributed by atoms with E-state index in [-0.39, 0.29) is 0 Å². The summed E-state index contributed by atoms with van der Waals surface area (Å²) in [6.45, 7) is 0. The molecule has 0 radical (unpaired) electrons. The van der Waals surface area contributed by atoms with Crippen molar-refractivity contribution in [1.82, 2.24) is 0 Å². The molecule has 3 heteroatoms. The summed E-state index contributed by atoms with van der Waals surface area (Å²) >= 11 is 0. The molecule has 13 rings (SSSR count). The number of nitrogens with zero attached hydrogens (tertiary/aromatic N) is 1. The van der Waals surface area contributed by atoms with Gasteiger partial charge in [-0.05, 0) is 116 Å². The number of hydrogen-bond donors (Lipinski definition) is 0. The Balaban J connectivity index is 0.962. The van der Waals surface area contributed by atoms with Gasteiger partial charge in [-0.1, -0.05) is 176 Å². The van der Waals surface area contributed by atoms with Crippen LogP contribution in [0.25, 0.3) is 39.0 Å². The third-order valence-electron chi connectivity index (χ3n) is 13.5. The Morgan fingerprint density at radius 1 is 0.452 bits per heavy atom. The molecule has 0 N–H and O–H groups in total. The topological polar surface area (TPSA) is 21.7 Å². The maximum Gasteiger partial charge on any atom is 0.194 e. The Hall–Kier alpha value is -7.88. The molecule has 1 unspecified atom stereocenters. The van der Waals surface area contributed by atoms with Crippen molar-refractivity contribution in [3.05, 3.63) is 252 Å². The number of hydrogen-bond acceptors (Lipinski definition) is 3. The fourth-order valence-corrected chi connectivity index (χ4v) is 10.8. The third-order valence-corrected chi connectivity index (χ3v) is 13.5. The predicted octanol–water partition coefficient (Wildman–Crippen LogP) is 15.5. The molecule has 0 fully saturated rings. The molecule has 0 bridgehead atoms. The first-order chi connectivity index (χ1) is 30.8. The SMILES string of the molecule is C1=CC2=C(c3ccc(N(c4ccc(-c5ccccc5)cc4)c4cccc5c4Oc4ccc6c(c4O5)C4(c5ccccc5-c5ccccc54)c4ccccc4-6)cc3)C=CCC2C=C1. The van der Waals surface area contributed by atoms with Crippen molar-refractivity contribution in [2.45, 2.75) is 11.8 Å². The van der Waals surface area contributed by atoms with E-state index in [1.165, 1.54) is 61.2 Å². The fraction of sp³-hybridized carbons (Fsp3) is 0.0508. The number of para-hydroxylation sites is 1. The summed E-state index contributed by atoms with van der Waals surface area (Å²) in [6, 6.07) is 65.5. The molecule has 0 aromatic heterocycles. The molecule has 0 amide bonds. The van der Waals surface area contributed by atoms with Crippen LogP contribution in [0.15, 0.2) is 224 Å². The first kappa shape index (κ1) is 34.9. The van der Waals surface area contributed by atoms with Gasteiger partial charge < -0.3 is 14.4 Å². The van der Waals surface area contributed by atoms with Crippen LogP contribution in [0.1, 0.15) is 34.2 Å². The van der Waals surface area contributed by atoms with Gasteiger partial charge in [-0.25, -0.2) is 0 Å². The van der Waals surface area contributed by atoms with Crippen molar-refractivity contribution in [3.8, 4) is 56.4 Å². The summed E-state index contributed by atoms with van der Waals surface area (Å²) in [4.78, 5) is 2.29. The van der Waals surface area contributed by atoms with Crippen molar-refractivity contribution < 1.29 is 9.47 Å². The molecule has 1 atom stereocenters. The number of rotatable bonds is 5. The maximum absolute atomic E-state index is 7.28. The van der Waals surface area contributed by atoms with Crippen LogP contribution in [-0.4, -0.2) is 0 Å². The van der Waals surface area contributed by atoms with Gasteiger partial charge in [-0.15, -0.1) is 0 Å². The lowest BCUT2D eigenvalue weighted by Gasteiger charge is -2.34. The lowest BCUT2D eigenvalue weighted by atomic mass is 9.70. The van der Waals surface area contributed by atoms with Gasteiger partial charge in [0.1, 0.15) is 0 Å². The first-order valence-corrected chi connectivity index (χ1v) is 21.5. The summed E-state index contributed by atoms with van der Waals surface area (Å²) in [5.74, 6) is 3.24. The van der Waals surface area contributed by atoms with Crippen LogP contribution in [0.5, 0.6) is 23.0 Å². The van der Waals surface area contributed by atoms with Crippen molar-refractivity contribution >= 4 is 22.6 Å². The van der Waals surface area contributed by atoms with E-state index in [4.69, 9.17) is 9.47 Å². The number of benzene rings is 8. The third kappa shape index (κ3) is 5.00. The van der Waals surface area contributed by atoms with E-state index >= 15 is 0 Å². The van der Waals surface area contributed by atoms with E-state index in [9.17, 15) is 0 Å². The van der Waals surface area contributed by atoms with E-state index in [0.29, 0.717) is 23.2 Å². The Morgan fingerprint density at radius 2 is 1.03 bits per heavy atom. The van der Waals surface area contributed by atoms with Gasteiger partial charge in [0.25, 0.3) is 0 Å². The minimum atomic E-state index is -0.565. The van der Waals surface area contributed by atoms with Gasteiger partial charge in [0, 0.05) is 22.9 Å². The van der Waals surface area contributed by atoms with Gasteiger partial charge >= 0.3 is 0 Å². The summed E-state index contributed by atoms with van der Waals surface area (Å²) in [5.41, 5.74) is 18.4. The first-order valence-electron chi connectivity index (χ1n) is 21.5. The average molecular weight is 794 g/mol. The van der Waals surface area contributed by atoms with Crippen molar-refractivity contribution in [3.63, 3.8) is 0 Å². The molecule has 0 saturated heterocycles. The monoisotopic (exact) mass is 793 g/mol. The van der Waals surface area contributed by atoms with E-state index < -0.39 is 5.41 Å². The molecule has 1 heterocycles. The van der Waals surface area contributed by atoms with Gasteiger partial charge in [0.05, 0.1) is 11.1 Å². The summed E-state index contributed by atoms with van der Waals surface area (Å²) in [5, 5.41) is 0. The van der Waals surface area contributed by atoms with E-state index in [2.05, 4.69) is 217 Å². The van der Waals surface area contributed by atoms with Crippen LogP contribution in [0.2, 0.25) is 0 Å². The van der Waals surface area contributed by atoms with Crippen molar-refractivity contribution in [2.75, 3.05) is 4.90 Å². The van der Waals surface area contributed by atoms with Crippen molar-refractivity contribution in [1.29, 1.82) is 0 Å². The average Bonchev–Trinajstić information content (AvgIpc) is 3.82. The molecular weight excluding hydrogens is 755 g/mol. The highest BCUT2D eigenvalue weighted by atomic mass is 16.6. The molecule has 3 nitrogen and oxygen atoms in total. The van der Waals surface area contributed by atoms with Gasteiger partial charge in [0.2, 0.25) is 0 Å². The molecule has 1 aliphatic heterocycles. The zero-order valence-electron chi connectivity index (χ0n) is 33.8. The van der Waals surface area contributed by atoms with E-state index in [1.54, 1.807) is 0 Å². The van der Waals surface area contributed by atoms with Crippen LogP contribution < -0.4 is 14.4 Å². The Kier molecular flexibility index (Phi) is 7.65. The highest BCUT2D eigenvalue weighted by Crippen LogP contribution is 2.67. The zero-order valence-corrected chi connectivity index (χ0v) is 33.8. The highest BCUT2D eigenvalue weighted by Gasteiger charge is 2.54. The molecule has 8 aromatic rings. The summed E-state index contributed by atoms with van der Waals surface area (Å²) in [7, 11) is 0. The van der Waals surface area contributed by atoms with Crippen LogP contribution in [-0.2, 0) is 5.41 Å². The summed E-state index contributed by atoms with van der Waals surface area (Å²) < 4.78 is 14.5. The second-order valence-corrected chi connectivity index (χ2v) is 16.7. The quantitative estimate of drug-likeness (QED) is 0.173. The van der Waals surface area contributed by atoms with Crippen LogP contribution in [0.3, 0.4) is 0 Å². The van der Waals surface area contributed by atoms with Crippen LogP contribution in [0.4, 0.5) is 17.1 Å². The Labute approximate surface area is 361 Å². The Morgan fingerprint density at radius 3 is 1.73 bits per heavy atom. The minimum Gasteiger partial charge on any atom is -0.449 e. The molecule has 5 aliphatic rings. The van der Waals surface area contributed by atoms with Gasteiger partial charge in [-0.3, -0.25) is 0 Å². The van der Waals surface area contributed by atoms with Gasteiger partial charge in [0.15, 0.2) is 23.0 Å². The zero-order chi connectivity index (χ0) is 40.8. The molecular formula is C59H39NO2. The minimum absolute atomic E-state index is 0.415. The molecule has 1 spiro atoms. The predicted molar refractivity (Wildman–Crippen MR) is 252 cm³/mol. The fourth-order valence-electron chi connectivity index (χ4n) is 10.8. The smallest absolute Gasteiger partial charge is 0.194 e. The van der Waals surface area contributed by atoms with Crippen molar-refractivity contribution in [2.24, 2.45) is 5.92 Å². The molecule has 292 valence electrons. The van der Waals surface area contributed by atoms with Gasteiger partial charge in [-0.2, -0.15) is 0 Å². The Bertz CT molecular complexity index is 3200. The number of allylic oxidation sites excluding steroid dienone is 8. The van der Waals surface area contributed by atoms with Crippen LogP contribution in [0, 0.1) is 5.92 Å². The lowest BCUT2D eigenvalue weighted by Crippen LogP contribution is -2.26. The second kappa shape index (κ2) is 13.6. The maximum atomic E-state index is 7.28. The lowest BCUT2D eigenvalue weighted by molar-refractivity contribution is 0.355. The normalized spacial score (nSPS) is 16.3. The second-order valence-electron chi connectivity index (χ2n) is 16.7. The van der Waals surface area contributed by atoms with E-state index in [1.807, 2.05) is 6.07 Å². The molecule has 8 aromatic carbocycles. The molecule has 0 saturated carbocycles. The number of ether oxygens (including phenoxy) is 2. The van der Waals surface area contributed by atoms with Crippen LogP contribution >= 0.6 is 0 Å². The summed E-state index contributed by atoms with van der Waals surface area (Å²) in [6.07, 6.45) is 14.5.